The number of amides is 1. The number of thiophene rings is 1. The van der Waals surface area contributed by atoms with E-state index >= 15 is 0 Å². The van der Waals surface area contributed by atoms with Crippen LogP contribution in [0.5, 0.6) is 0 Å². The van der Waals surface area contributed by atoms with Crippen molar-refractivity contribution in [3.05, 3.63) is 16.5 Å². The number of thioether (sulfide) groups is 1. The number of hydrogen-bond donors (Lipinski definition) is 1. The first-order valence-electron chi connectivity index (χ1n) is 8.01. The van der Waals surface area contributed by atoms with Crippen LogP contribution in [-0.2, 0) is 24.7 Å². The number of carbonyl (C=O) groups excluding carboxylic acids is 1. The minimum atomic E-state index is -0.281. The minimum absolute atomic E-state index is 0.281. The molecule has 0 aliphatic heterocycles. The van der Waals surface area contributed by atoms with Gasteiger partial charge in [0.15, 0.2) is 11.0 Å². The van der Waals surface area contributed by atoms with Crippen LogP contribution in [0.2, 0.25) is 0 Å². The summed E-state index contributed by atoms with van der Waals surface area (Å²) in [4.78, 5) is 13.5. The Hall–Kier alpha value is -1.34. The van der Waals surface area contributed by atoms with Crippen molar-refractivity contribution in [2.45, 2.75) is 44.2 Å². The quantitative estimate of drug-likeness (QED) is 0.813. The van der Waals surface area contributed by atoms with Crippen LogP contribution in [0.25, 0.3) is 10.7 Å². The zero-order valence-electron chi connectivity index (χ0n) is 13.5. The highest BCUT2D eigenvalue weighted by atomic mass is 32.2. The molecule has 0 saturated carbocycles. The predicted molar refractivity (Wildman–Crippen MR) is 94.7 cm³/mol. The second kappa shape index (κ2) is 7.05. The summed E-state index contributed by atoms with van der Waals surface area (Å²) in [5.41, 5.74) is 6.67. The number of nitrogens with zero attached hydrogens (tertiary/aromatic N) is 3. The van der Waals surface area contributed by atoms with Crippen molar-refractivity contribution in [2.24, 2.45) is 18.7 Å². The van der Waals surface area contributed by atoms with Gasteiger partial charge in [0.05, 0.1) is 4.88 Å². The van der Waals surface area contributed by atoms with Gasteiger partial charge in [-0.05, 0) is 36.8 Å². The number of carbonyl (C=O) groups is 1. The van der Waals surface area contributed by atoms with Crippen LogP contribution in [-0.4, -0.2) is 26.4 Å². The molecule has 2 aromatic heterocycles. The second-order valence-corrected chi connectivity index (χ2v) is 8.20. The third-order valence-corrected chi connectivity index (χ3v) is 6.65. The van der Waals surface area contributed by atoms with Crippen molar-refractivity contribution in [3.63, 3.8) is 0 Å². The molecule has 0 radical (unpaired) electrons. The van der Waals surface area contributed by atoms with Gasteiger partial charge >= 0.3 is 0 Å². The Morgan fingerprint density at radius 1 is 1.52 bits per heavy atom. The maximum absolute atomic E-state index is 10.8. The summed E-state index contributed by atoms with van der Waals surface area (Å²) in [5, 5.41) is 9.44. The summed E-state index contributed by atoms with van der Waals surface area (Å²) < 4.78 is 2.01. The maximum atomic E-state index is 10.8. The summed E-state index contributed by atoms with van der Waals surface area (Å²) in [7, 11) is 1.98. The van der Waals surface area contributed by atoms with Gasteiger partial charge in [-0.25, -0.2) is 0 Å². The summed E-state index contributed by atoms with van der Waals surface area (Å²) in [6.07, 6.45) is 5.31. The van der Waals surface area contributed by atoms with E-state index in [4.69, 9.17) is 5.73 Å². The normalized spacial score (nSPS) is 17.2. The van der Waals surface area contributed by atoms with Crippen LogP contribution in [0, 0.1) is 5.92 Å². The van der Waals surface area contributed by atoms with E-state index in [2.05, 4.69) is 23.2 Å². The monoisotopic (exact) mass is 350 g/mol. The van der Waals surface area contributed by atoms with Gasteiger partial charge in [0.1, 0.15) is 0 Å². The first-order chi connectivity index (χ1) is 11.1. The van der Waals surface area contributed by atoms with E-state index in [9.17, 15) is 4.79 Å². The topological polar surface area (TPSA) is 73.8 Å². The third kappa shape index (κ3) is 3.61. The zero-order chi connectivity index (χ0) is 16.4. The highest BCUT2D eigenvalue weighted by Crippen LogP contribution is 2.37. The van der Waals surface area contributed by atoms with Crippen LogP contribution < -0.4 is 5.73 Å². The molecule has 23 heavy (non-hydrogen) atoms. The Balaban J connectivity index is 1.76. The fourth-order valence-corrected chi connectivity index (χ4v) is 5.05. The number of nitrogens with two attached hydrogens (primary N) is 1. The Morgan fingerprint density at radius 2 is 2.35 bits per heavy atom. The number of rotatable bonds is 6. The lowest BCUT2D eigenvalue weighted by atomic mass is 9.87. The molecule has 0 saturated heterocycles. The first-order valence-corrected chi connectivity index (χ1v) is 9.81. The number of aryl methyl sites for hydroxylation is 1. The van der Waals surface area contributed by atoms with E-state index in [1.807, 2.05) is 23.0 Å². The van der Waals surface area contributed by atoms with Gasteiger partial charge in [0.2, 0.25) is 5.91 Å². The van der Waals surface area contributed by atoms with Crippen molar-refractivity contribution in [3.8, 4) is 10.7 Å². The molecule has 2 N–H and O–H groups in total. The number of fused-ring (bicyclic) bond motifs is 1. The van der Waals surface area contributed by atoms with Crippen molar-refractivity contribution in [2.75, 3.05) is 5.75 Å². The molecule has 1 amide bonds. The Kier molecular flexibility index (Phi) is 5.06. The first kappa shape index (κ1) is 16.5. The fraction of sp³-hybridized carbons (Fsp3) is 0.562. The molecule has 1 atom stereocenters. The average Bonchev–Trinajstić information content (AvgIpc) is 3.10. The molecule has 7 heteroatoms. The van der Waals surface area contributed by atoms with E-state index in [0.29, 0.717) is 12.2 Å². The fourth-order valence-electron chi connectivity index (χ4n) is 2.96. The molecule has 0 spiro atoms. The number of aromatic nitrogens is 3. The van der Waals surface area contributed by atoms with Gasteiger partial charge in [0, 0.05) is 24.1 Å². The molecule has 3 rings (SSSR count). The van der Waals surface area contributed by atoms with Gasteiger partial charge in [-0.3, -0.25) is 4.79 Å². The average molecular weight is 351 g/mol. The molecule has 0 unspecified atom stereocenters. The van der Waals surface area contributed by atoms with Gasteiger partial charge in [0.25, 0.3) is 0 Å². The van der Waals surface area contributed by atoms with E-state index in [1.165, 1.54) is 52.8 Å². The van der Waals surface area contributed by atoms with Crippen molar-refractivity contribution in [1.29, 1.82) is 0 Å². The molecule has 5 nitrogen and oxygen atoms in total. The molecule has 2 heterocycles. The van der Waals surface area contributed by atoms with Crippen LogP contribution in [0.1, 0.15) is 36.6 Å². The highest BCUT2D eigenvalue weighted by Gasteiger charge is 2.22. The summed E-state index contributed by atoms with van der Waals surface area (Å²) >= 11 is 3.37. The third-order valence-electron chi connectivity index (χ3n) is 4.40. The van der Waals surface area contributed by atoms with Crippen LogP contribution >= 0.6 is 23.1 Å². The highest BCUT2D eigenvalue weighted by molar-refractivity contribution is 7.99. The van der Waals surface area contributed by atoms with Crippen LogP contribution in [0.3, 0.4) is 0 Å². The molecule has 1 aliphatic rings. The largest absolute Gasteiger partial charge is 0.370 e. The zero-order valence-corrected chi connectivity index (χ0v) is 15.2. The minimum Gasteiger partial charge on any atom is -0.370 e. The maximum Gasteiger partial charge on any atom is 0.218 e. The van der Waals surface area contributed by atoms with E-state index in [0.717, 1.165) is 16.9 Å². The number of hydrogen-bond acceptors (Lipinski definition) is 5. The molecule has 0 aromatic carbocycles. The van der Waals surface area contributed by atoms with Crippen LogP contribution in [0.4, 0.5) is 0 Å². The smallest absolute Gasteiger partial charge is 0.218 e. The summed E-state index contributed by atoms with van der Waals surface area (Å²) in [6, 6.07) is 2.30. The van der Waals surface area contributed by atoms with E-state index < -0.39 is 0 Å². The Labute approximate surface area is 144 Å². The van der Waals surface area contributed by atoms with Crippen molar-refractivity contribution in [1.82, 2.24) is 14.8 Å². The van der Waals surface area contributed by atoms with E-state index in [1.54, 1.807) is 0 Å². The number of primary amides is 1. The van der Waals surface area contributed by atoms with Gasteiger partial charge in [-0.15, -0.1) is 21.5 Å². The summed E-state index contributed by atoms with van der Waals surface area (Å²) in [6.45, 7) is 2.28. The van der Waals surface area contributed by atoms with Gasteiger partial charge < -0.3 is 10.3 Å². The molecule has 124 valence electrons. The molecular formula is C16H22N4OS2. The van der Waals surface area contributed by atoms with Gasteiger partial charge in [-0.2, -0.15) is 0 Å². The lowest BCUT2D eigenvalue weighted by Crippen LogP contribution is -2.11. The molecule has 1 aliphatic carbocycles. The van der Waals surface area contributed by atoms with Gasteiger partial charge in [-0.1, -0.05) is 25.1 Å². The standard InChI is InChI=1S/C16H22N4OS2/c1-3-10-4-5-12-11(8-10)9-13(23-12)15-18-19-16(20(15)2)22-7-6-14(17)21/h9-10H,3-8H2,1-2H3,(H2,17,21)/t10-/m1/s1. The van der Waals surface area contributed by atoms with Crippen molar-refractivity contribution >= 4 is 29.0 Å². The Morgan fingerprint density at radius 3 is 3.09 bits per heavy atom. The van der Waals surface area contributed by atoms with Crippen LogP contribution in [0.15, 0.2) is 11.2 Å². The molecule has 0 fully saturated rings. The molecule has 0 bridgehead atoms. The Bertz CT molecular complexity index is 707. The SMILES string of the molecule is CC[C@@H]1CCc2sc(-c3nnc(SCCC(N)=O)n3C)cc2C1. The molecule has 2 aromatic rings. The lowest BCUT2D eigenvalue weighted by Gasteiger charge is -2.19. The van der Waals surface area contributed by atoms with E-state index in [-0.39, 0.29) is 5.91 Å². The second-order valence-electron chi connectivity index (χ2n) is 6.01. The predicted octanol–water partition coefficient (Wildman–Crippen LogP) is 3.03. The molecular weight excluding hydrogens is 328 g/mol. The van der Waals surface area contributed by atoms with Crippen molar-refractivity contribution < 1.29 is 4.79 Å². The lowest BCUT2D eigenvalue weighted by molar-refractivity contribution is -0.117. The summed E-state index contributed by atoms with van der Waals surface area (Å²) in [5.74, 6) is 2.10.